The fraction of sp³-hybridized carbons (Fsp3) is 0.130. The predicted molar refractivity (Wildman–Crippen MR) is 125 cm³/mol. The van der Waals surface area contributed by atoms with Crippen molar-refractivity contribution < 1.29 is 27.5 Å². The summed E-state index contributed by atoms with van der Waals surface area (Å²) in [6.07, 6.45) is 0. The van der Waals surface area contributed by atoms with Gasteiger partial charge < -0.3 is 14.8 Å². The number of ether oxygens (including phenoxy) is 2. The van der Waals surface area contributed by atoms with Gasteiger partial charge in [-0.1, -0.05) is 23.7 Å². The molecule has 0 saturated carbocycles. The molecule has 3 aromatic carbocycles. The first-order chi connectivity index (χ1) is 15.8. The zero-order valence-corrected chi connectivity index (χ0v) is 19.4. The zero-order chi connectivity index (χ0) is 24.0. The minimum absolute atomic E-state index is 0.0268. The van der Waals surface area contributed by atoms with E-state index in [1.165, 1.54) is 74.9 Å². The van der Waals surface area contributed by atoms with Crippen LogP contribution in [-0.2, 0) is 19.6 Å². The van der Waals surface area contributed by atoms with Crippen molar-refractivity contribution in [2.45, 2.75) is 4.90 Å². The number of benzene rings is 3. The number of esters is 1. The molecule has 0 saturated heterocycles. The Balaban J connectivity index is 1.95. The highest BCUT2D eigenvalue weighted by atomic mass is 35.5. The highest BCUT2D eigenvalue weighted by molar-refractivity contribution is 7.92. The van der Waals surface area contributed by atoms with Gasteiger partial charge in [-0.3, -0.25) is 9.10 Å². The lowest BCUT2D eigenvalue weighted by Gasteiger charge is -2.24. The lowest BCUT2D eigenvalue weighted by atomic mass is 10.2. The predicted octanol–water partition coefficient (Wildman–Crippen LogP) is 3.97. The maximum Gasteiger partial charge on any atom is 0.339 e. The van der Waals surface area contributed by atoms with E-state index in [1.807, 2.05) is 0 Å². The Hall–Kier alpha value is -3.56. The molecule has 0 aliphatic rings. The van der Waals surface area contributed by atoms with Crippen molar-refractivity contribution in [3.63, 3.8) is 0 Å². The van der Waals surface area contributed by atoms with Gasteiger partial charge in [-0.25, -0.2) is 13.2 Å². The highest BCUT2D eigenvalue weighted by Gasteiger charge is 2.28. The van der Waals surface area contributed by atoms with E-state index in [2.05, 4.69) is 5.32 Å². The molecule has 0 heterocycles. The van der Waals surface area contributed by atoms with Crippen LogP contribution in [0.15, 0.2) is 77.7 Å². The summed E-state index contributed by atoms with van der Waals surface area (Å²) < 4.78 is 37.6. The first-order valence-corrected chi connectivity index (χ1v) is 11.5. The Morgan fingerprint density at radius 3 is 2.18 bits per heavy atom. The number of sulfonamides is 1. The third-order valence-electron chi connectivity index (χ3n) is 4.66. The Kier molecular flexibility index (Phi) is 7.57. The third-order valence-corrected chi connectivity index (χ3v) is 6.70. The number of amides is 1. The van der Waals surface area contributed by atoms with Gasteiger partial charge in [0, 0.05) is 5.02 Å². The Morgan fingerprint density at radius 2 is 1.58 bits per heavy atom. The number of nitrogens with one attached hydrogen (secondary N) is 1. The fourth-order valence-corrected chi connectivity index (χ4v) is 4.54. The molecule has 172 valence electrons. The maximum atomic E-state index is 13.4. The molecule has 0 spiro atoms. The summed E-state index contributed by atoms with van der Waals surface area (Å²) in [5.41, 5.74) is 0.586. The van der Waals surface area contributed by atoms with Crippen LogP contribution in [0.1, 0.15) is 10.4 Å². The fourth-order valence-electron chi connectivity index (χ4n) is 3.00. The van der Waals surface area contributed by atoms with E-state index in [1.54, 1.807) is 12.1 Å². The summed E-state index contributed by atoms with van der Waals surface area (Å²) in [5, 5.41) is 3.00. The van der Waals surface area contributed by atoms with Crippen molar-refractivity contribution in [2.24, 2.45) is 0 Å². The van der Waals surface area contributed by atoms with Crippen LogP contribution >= 0.6 is 11.6 Å². The second-order valence-electron chi connectivity index (χ2n) is 6.75. The number of hydrogen-bond donors (Lipinski definition) is 1. The summed E-state index contributed by atoms with van der Waals surface area (Å²) in [6, 6.07) is 18.1. The van der Waals surface area contributed by atoms with E-state index >= 15 is 0 Å². The second kappa shape index (κ2) is 10.4. The number of para-hydroxylation sites is 1. The number of nitrogens with zero attached hydrogens (tertiary/aromatic N) is 1. The quantitative estimate of drug-likeness (QED) is 0.481. The van der Waals surface area contributed by atoms with Crippen molar-refractivity contribution in [3.8, 4) is 5.75 Å². The molecule has 3 rings (SSSR count). The first kappa shape index (κ1) is 24.1. The van der Waals surface area contributed by atoms with Crippen LogP contribution in [-0.4, -0.2) is 41.1 Å². The van der Waals surface area contributed by atoms with E-state index in [0.29, 0.717) is 10.8 Å². The topological polar surface area (TPSA) is 102 Å². The molecule has 0 unspecified atom stereocenters. The monoisotopic (exact) mass is 488 g/mol. The van der Waals surface area contributed by atoms with Crippen LogP contribution in [0.25, 0.3) is 0 Å². The Morgan fingerprint density at radius 1 is 0.939 bits per heavy atom. The molecule has 1 N–H and O–H groups in total. The van der Waals surface area contributed by atoms with Crippen molar-refractivity contribution >= 4 is 44.9 Å². The smallest absolute Gasteiger partial charge is 0.339 e. The van der Waals surface area contributed by atoms with Gasteiger partial charge in [-0.2, -0.15) is 0 Å². The average Bonchev–Trinajstić information content (AvgIpc) is 2.83. The minimum Gasteiger partial charge on any atom is -0.497 e. The van der Waals surface area contributed by atoms with Gasteiger partial charge in [-0.05, 0) is 60.7 Å². The third kappa shape index (κ3) is 5.63. The largest absolute Gasteiger partial charge is 0.497 e. The van der Waals surface area contributed by atoms with Crippen LogP contribution in [0, 0.1) is 0 Å². The van der Waals surface area contributed by atoms with Crippen LogP contribution in [0.4, 0.5) is 11.4 Å². The molecule has 10 heteroatoms. The number of rotatable bonds is 8. The molecule has 0 bridgehead atoms. The van der Waals surface area contributed by atoms with Gasteiger partial charge in [-0.15, -0.1) is 0 Å². The molecular weight excluding hydrogens is 468 g/mol. The average molecular weight is 489 g/mol. The molecule has 1 amide bonds. The maximum absolute atomic E-state index is 13.4. The first-order valence-electron chi connectivity index (χ1n) is 9.66. The van der Waals surface area contributed by atoms with E-state index in [-0.39, 0.29) is 21.8 Å². The van der Waals surface area contributed by atoms with Gasteiger partial charge in [0.2, 0.25) is 5.91 Å². The molecular formula is C23H21ClN2O6S. The van der Waals surface area contributed by atoms with Crippen LogP contribution in [0.3, 0.4) is 0 Å². The van der Waals surface area contributed by atoms with Crippen molar-refractivity contribution in [2.75, 3.05) is 30.4 Å². The normalized spacial score (nSPS) is 10.9. The molecule has 8 nitrogen and oxygen atoms in total. The minimum atomic E-state index is -4.13. The van der Waals surface area contributed by atoms with E-state index < -0.39 is 28.4 Å². The van der Waals surface area contributed by atoms with Crippen molar-refractivity contribution in [1.29, 1.82) is 0 Å². The molecule has 0 radical (unpaired) electrons. The molecule has 0 fully saturated rings. The Bertz CT molecular complexity index is 1240. The van der Waals surface area contributed by atoms with Gasteiger partial charge in [0.1, 0.15) is 12.3 Å². The van der Waals surface area contributed by atoms with Crippen molar-refractivity contribution in [1.82, 2.24) is 0 Å². The summed E-state index contributed by atoms with van der Waals surface area (Å²) in [4.78, 5) is 24.8. The molecule has 3 aromatic rings. The van der Waals surface area contributed by atoms with Crippen LogP contribution in [0.5, 0.6) is 5.75 Å². The van der Waals surface area contributed by atoms with E-state index in [0.717, 1.165) is 4.31 Å². The molecule has 0 aliphatic heterocycles. The standard InChI is InChI=1S/C23H21ClN2O6S/c1-31-18-11-13-19(14-12-18)33(29,30)26(17-9-7-16(24)8-10-17)15-22(27)25-21-6-4-3-5-20(21)23(28)32-2/h3-14H,15H2,1-2H3,(H,25,27). The Labute approximate surface area is 196 Å². The number of carbonyl (C=O) groups excluding carboxylic acids is 2. The molecule has 0 atom stereocenters. The number of methoxy groups -OCH3 is 2. The van der Waals surface area contributed by atoms with Gasteiger partial charge in [0.05, 0.1) is 36.1 Å². The number of carbonyl (C=O) groups is 2. The lowest BCUT2D eigenvalue weighted by molar-refractivity contribution is -0.114. The van der Waals surface area contributed by atoms with Gasteiger partial charge >= 0.3 is 5.97 Å². The van der Waals surface area contributed by atoms with Crippen LogP contribution < -0.4 is 14.4 Å². The molecule has 0 aliphatic carbocycles. The van der Waals surface area contributed by atoms with Crippen molar-refractivity contribution in [3.05, 3.63) is 83.4 Å². The number of halogens is 1. The molecule has 0 aromatic heterocycles. The zero-order valence-electron chi connectivity index (χ0n) is 17.8. The van der Waals surface area contributed by atoms with Gasteiger partial charge in [0.15, 0.2) is 0 Å². The number of hydrogen-bond acceptors (Lipinski definition) is 6. The second-order valence-corrected chi connectivity index (χ2v) is 9.05. The SMILES string of the molecule is COC(=O)c1ccccc1NC(=O)CN(c1ccc(Cl)cc1)S(=O)(=O)c1ccc(OC)cc1. The summed E-state index contributed by atoms with van der Waals surface area (Å²) >= 11 is 5.95. The highest BCUT2D eigenvalue weighted by Crippen LogP contribution is 2.27. The number of anilines is 2. The summed E-state index contributed by atoms with van der Waals surface area (Å²) in [5.74, 6) is -0.797. The van der Waals surface area contributed by atoms with E-state index in [9.17, 15) is 18.0 Å². The molecule has 33 heavy (non-hydrogen) atoms. The van der Waals surface area contributed by atoms with Gasteiger partial charge in [0.25, 0.3) is 10.0 Å². The summed E-state index contributed by atoms with van der Waals surface area (Å²) in [6.45, 7) is -0.550. The van der Waals surface area contributed by atoms with E-state index in [4.69, 9.17) is 21.1 Å². The summed E-state index contributed by atoms with van der Waals surface area (Å²) in [7, 11) is -1.43. The lowest BCUT2D eigenvalue weighted by Crippen LogP contribution is -2.38. The van der Waals surface area contributed by atoms with Crippen LogP contribution in [0.2, 0.25) is 5.02 Å².